The molecule has 0 heterocycles. The third kappa shape index (κ3) is 15.6. The van der Waals surface area contributed by atoms with Crippen LogP contribution in [0.25, 0.3) is 0 Å². The van der Waals surface area contributed by atoms with E-state index in [1.165, 1.54) is 0 Å². The second-order valence-corrected chi connectivity index (χ2v) is 0.946. The predicted molar refractivity (Wildman–Crippen MR) is 25.4 cm³/mol. The molecule has 0 spiro atoms. The van der Waals surface area contributed by atoms with Gasteiger partial charge in [-0.05, 0) is 6.44 Å². The van der Waals surface area contributed by atoms with E-state index in [2.05, 4.69) is 5.73 Å². The Morgan fingerprint density at radius 2 is 1.38 bits per heavy atom. The van der Waals surface area contributed by atoms with Crippen LogP contribution < -0.4 is 57.1 Å². The van der Waals surface area contributed by atoms with Crippen LogP contribution in [0.3, 0.4) is 0 Å². The number of rotatable bonds is 1. The average molecular weight is 173 g/mol. The molecule has 0 radical (unpaired) electrons. The van der Waals surface area contributed by atoms with Gasteiger partial charge in [0.05, 0.1) is 0 Å². The Labute approximate surface area is 94.5 Å². The van der Waals surface area contributed by atoms with E-state index in [9.17, 15) is 12.9 Å². The van der Waals surface area contributed by atoms with Crippen molar-refractivity contribution in [1.29, 1.82) is 0 Å². The van der Waals surface area contributed by atoms with Crippen molar-refractivity contribution in [3.05, 3.63) is 0 Å². The van der Waals surface area contributed by atoms with Crippen molar-refractivity contribution >= 4 is 19.4 Å². The summed E-state index contributed by atoms with van der Waals surface area (Å²) in [5.74, 6) is 0. The second-order valence-electron chi connectivity index (χ2n) is 0.946. The van der Waals surface area contributed by atoms with E-state index >= 15 is 0 Å². The summed E-state index contributed by atoms with van der Waals surface area (Å²) >= 11 is 0. The van der Waals surface area contributed by atoms with Crippen LogP contribution in [-0.4, -0.2) is 13.4 Å². The summed E-state index contributed by atoms with van der Waals surface area (Å²) in [4.78, 5) is 0. The molecule has 2 N–H and O–H groups in total. The molecule has 0 aromatic rings. The molecule has 1 nitrogen and oxygen atoms in total. The van der Waals surface area contributed by atoms with Crippen molar-refractivity contribution in [1.82, 2.24) is 0 Å². The smallest absolute Gasteiger partial charge is 0.448 e. The van der Waals surface area contributed by atoms with E-state index in [-0.39, 0.29) is 63.8 Å². The Kier molecular flexibility index (Phi) is 14.0. The maximum absolute atomic E-state index is 10.7. The van der Waals surface area contributed by atoms with Crippen LogP contribution in [0.4, 0.5) is 12.9 Å². The molecule has 0 amide bonds. The van der Waals surface area contributed by atoms with Gasteiger partial charge in [0.2, 0.25) is 0 Å². The molecule has 0 saturated carbocycles. The molecule has 0 saturated heterocycles. The van der Waals surface area contributed by atoms with Gasteiger partial charge in [0.15, 0.2) is 0 Å². The molecule has 7 heteroatoms. The summed E-state index contributed by atoms with van der Waals surface area (Å²) in [5.41, 5.74) is 4.21. The number of hydrogen-bond donors (Lipinski definition) is 1. The van der Waals surface area contributed by atoms with Gasteiger partial charge in [-0.15, -0.1) is 12.4 Å². The zero-order valence-electron chi connectivity index (χ0n) is 4.40. The number of nitrogens with two attached hydrogens (primary N) is 1. The molecule has 0 aliphatic rings. The average Bonchev–Trinajstić information content (AvgIpc) is 1.35. The molecule has 0 bridgehead atoms. The van der Waals surface area contributed by atoms with E-state index in [0.29, 0.717) is 0 Å². The first-order chi connectivity index (χ1) is 2.56. The van der Waals surface area contributed by atoms with Crippen molar-refractivity contribution < 1.29 is 64.3 Å². The first kappa shape index (κ1) is 16.4. The fourth-order valence-corrected chi connectivity index (χ4v) is 0. The summed E-state index contributed by atoms with van der Waals surface area (Å²) in [6.07, 6.45) is -1.17. The third-order valence-electron chi connectivity index (χ3n) is 0.267. The topological polar surface area (TPSA) is 26.0 Å². The first-order valence-electron chi connectivity index (χ1n) is 1.47. The van der Waals surface area contributed by atoms with Crippen LogP contribution in [0.5, 0.6) is 0 Å². The normalized spacial score (nSPS) is 9.00. The molecule has 8 heavy (non-hydrogen) atoms. The summed E-state index contributed by atoms with van der Waals surface area (Å²) in [6.45, 7) is -4.71. The zero-order chi connectivity index (χ0) is 5.21. The van der Waals surface area contributed by atoms with Gasteiger partial charge in [0.25, 0.3) is 0 Å². The molecule has 0 aromatic heterocycles. The van der Waals surface area contributed by atoms with Crippen molar-refractivity contribution in [2.45, 2.75) is 0 Å². The molecule has 0 unspecified atom stereocenters. The minimum atomic E-state index is -4.71. The Morgan fingerprint density at radius 3 is 1.38 bits per heavy atom. The zero-order valence-corrected chi connectivity index (χ0v) is 8.34. The van der Waals surface area contributed by atoms with Crippen LogP contribution in [-0.2, 0) is 0 Å². The van der Waals surface area contributed by atoms with Gasteiger partial charge in [-0.3, -0.25) is 0 Å². The molecular formula is CH5BClF3KN. The van der Waals surface area contributed by atoms with E-state index in [1.54, 1.807) is 0 Å². The van der Waals surface area contributed by atoms with Gasteiger partial charge in [-0.1, -0.05) is 0 Å². The van der Waals surface area contributed by atoms with Crippen molar-refractivity contribution in [2.24, 2.45) is 5.73 Å². The predicted octanol–water partition coefficient (Wildman–Crippen LogP) is -2.24. The minimum Gasteiger partial charge on any atom is -0.448 e. The van der Waals surface area contributed by atoms with E-state index < -0.39 is 13.4 Å². The van der Waals surface area contributed by atoms with Gasteiger partial charge in [-0.25, -0.2) is 0 Å². The molecule has 0 rings (SSSR count). The fraction of sp³-hybridized carbons (Fsp3) is 1.00. The maximum atomic E-state index is 10.7. The minimum absolute atomic E-state index is 0. The van der Waals surface area contributed by atoms with Gasteiger partial charge in [0.1, 0.15) is 0 Å². The van der Waals surface area contributed by atoms with Crippen molar-refractivity contribution in [2.75, 3.05) is 6.44 Å². The summed E-state index contributed by atoms with van der Waals surface area (Å²) in [6, 6.07) is 0. The van der Waals surface area contributed by atoms with Crippen molar-refractivity contribution in [3.63, 3.8) is 0 Å². The summed E-state index contributed by atoms with van der Waals surface area (Å²) in [7, 11) is 0. The quantitative estimate of drug-likeness (QED) is 0.446. The fourth-order valence-electron chi connectivity index (χ4n) is 0. The molecule has 46 valence electrons. The van der Waals surface area contributed by atoms with Crippen LogP contribution in [0, 0.1) is 0 Å². The van der Waals surface area contributed by atoms with Crippen LogP contribution >= 0.6 is 12.4 Å². The van der Waals surface area contributed by atoms with Gasteiger partial charge in [0, 0.05) is 0 Å². The van der Waals surface area contributed by atoms with E-state index in [0.717, 1.165) is 0 Å². The largest absolute Gasteiger partial charge is 1.00 e. The van der Waals surface area contributed by atoms with Gasteiger partial charge in [-0.2, -0.15) is 0 Å². The van der Waals surface area contributed by atoms with Crippen LogP contribution in [0.1, 0.15) is 0 Å². The maximum Gasteiger partial charge on any atom is 1.00 e. The Hall–Kier alpha value is 1.74. The van der Waals surface area contributed by atoms with Gasteiger partial charge >= 0.3 is 58.4 Å². The van der Waals surface area contributed by atoms with Crippen molar-refractivity contribution in [3.8, 4) is 0 Å². The van der Waals surface area contributed by atoms with Crippen LogP contribution in [0.2, 0.25) is 0 Å². The Morgan fingerprint density at radius 1 is 1.25 bits per heavy atom. The standard InChI is InChI=1S/CH4BF3N.ClH.K/c3-2(4,5)1-6;;/h1,6H2;1H;/q-1;;+1. The molecule has 0 atom stereocenters. The monoisotopic (exact) mass is 173 g/mol. The summed E-state index contributed by atoms with van der Waals surface area (Å²) in [5, 5.41) is 0. The van der Waals surface area contributed by atoms with E-state index in [1.807, 2.05) is 0 Å². The number of halogens is 4. The Balaban J connectivity index is -0.000000125. The molecule has 0 aliphatic heterocycles. The van der Waals surface area contributed by atoms with Gasteiger partial charge < -0.3 is 18.7 Å². The first-order valence-corrected chi connectivity index (χ1v) is 1.47. The summed E-state index contributed by atoms with van der Waals surface area (Å²) < 4.78 is 32.2. The molecule has 0 fully saturated rings. The van der Waals surface area contributed by atoms with Crippen LogP contribution in [0.15, 0.2) is 0 Å². The molecule has 0 aromatic carbocycles. The Bertz CT molecular complexity index is 49.0. The third-order valence-corrected chi connectivity index (χ3v) is 0.267. The molecular weight excluding hydrogens is 168 g/mol. The molecule has 0 aliphatic carbocycles. The van der Waals surface area contributed by atoms with E-state index in [4.69, 9.17) is 0 Å². The SMILES string of the molecule is Cl.NC[B-](F)(F)F.[K+]. The number of hydrogen-bond acceptors (Lipinski definition) is 1. The second kappa shape index (κ2) is 6.86.